The highest BCUT2D eigenvalue weighted by atomic mass is 15.3. The third-order valence-electron chi connectivity index (χ3n) is 3.54. The van der Waals surface area contributed by atoms with Gasteiger partial charge < -0.3 is 22.3 Å². The van der Waals surface area contributed by atoms with E-state index in [1.807, 2.05) is 30.3 Å². The average Bonchev–Trinajstić information content (AvgIpc) is 2.85. The quantitative estimate of drug-likeness (QED) is 0.363. The Morgan fingerprint density at radius 1 is 1.32 bits per heavy atom. The fourth-order valence-corrected chi connectivity index (χ4v) is 2.41. The summed E-state index contributed by atoms with van der Waals surface area (Å²) >= 11 is 0. The van der Waals surface area contributed by atoms with Gasteiger partial charge in [-0.05, 0) is 18.4 Å². The van der Waals surface area contributed by atoms with Crippen molar-refractivity contribution in [1.29, 1.82) is 5.41 Å². The van der Waals surface area contributed by atoms with E-state index in [0.717, 1.165) is 24.8 Å². The lowest BCUT2D eigenvalue weighted by Gasteiger charge is -2.15. The first-order valence-corrected chi connectivity index (χ1v) is 6.63. The van der Waals surface area contributed by atoms with Crippen molar-refractivity contribution in [2.24, 2.45) is 22.5 Å². The van der Waals surface area contributed by atoms with Gasteiger partial charge in [0, 0.05) is 12.0 Å². The van der Waals surface area contributed by atoms with Gasteiger partial charge in [-0.2, -0.15) is 5.10 Å². The molecule has 1 aromatic carbocycles. The lowest BCUT2D eigenvalue weighted by atomic mass is 9.97. The van der Waals surface area contributed by atoms with Crippen LogP contribution in [0.3, 0.4) is 0 Å². The Hall–Kier alpha value is -1.88. The highest BCUT2D eigenvalue weighted by Crippen LogP contribution is 2.24. The van der Waals surface area contributed by atoms with Crippen molar-refractivity contribution in [2.75, 3.05) is 0 Å². The minimum Gasteiger partial charge on any atom is -0.381 e. The molecule has 2 atom stereocenters. The highest BCUT2D eigenvalue weighted by Gasteiger charge is 2.29. The molecule has 6 N–H and O–H groups in total. The third kappa shape index (κ3) is 3.54. The molecule has 0 bridgehead atoms. The van der Waals surface area contributed by atoms with Gasteiger partial charge in [-0.15, -0.1) is 0 Å². The van der Waals surface area contributed by atoms with Crippen LogP contribution in [0.4, 0.5) is 0 Å². The van der Waals surface area contributed by atoms with E-state index < -0.39 is 0 Å². The fourth-order valence-electron chi connectivity index (χ4n) is 2.41. The maximum atomic E-state index is 8.03. The Morgan fingerprint density at radius 3 is 2.68 bits per heavy atom. The molecule has 1 aliphatic rings. The molecule has 0 radical (unpaired) electrons. The van der Waals surface area contributed by atoms with Crippen LogP contribution in [0, 0.1) is 11.3 Å². The Kier molecular flexibility index (Phi) is 4.52. The van der Waals surface area contributed by atoms with Crippen LogP contribution in [0.25, 0.3) is 0 Å². The molecule has 0 heterocycles. The average molecular weight is 259 g/mol. The van der Waals surface area contributed by atoms with E-state index in [4.69, 9.17) is 16.9 Å². The maximum Gasteiger partial charge on any atom is 0.164 e. The molecular formula is C14H21N5. The normalized spacial score (nSPS) is 23.3. The van der Waals surface area contributed by atoms with Crippen molar-refractivity contribution in [1.82, 2.24) is 5.43 Å². The Balaban J connectivity index is 1.87. The van der Waals surface area contributed by atoms with Crippen LogP contribution in [-0.4, -0.2) is 17.6 Å². The number of hydrogen-bond donors (Lipinski definition) is 4. The predicted molar refractivity (Wildman–Crippen MR) is 77.9 cm³/mol. The number of benzene rings is 1. The van der Waals surface area contributed by atoms with Gasteiger partial charge in [-0.1, -0.05) is 36.8 Å². The van der Waals surface area contributed by atoms with Crippen molar-refractivity contribution in [2.45, 2.75) is 31.8 Å². The SMILES string of the molecule is N=C(C(N)=NNCc1ccccc1)C1CCCC1N. The van der Waals surface area contributed by atoms with Crippen molar-refractivity contribution in [3.63, 3.8) is 0 Å². The molecule has 19 heavy (non-hydrogen) atoms. The summed E-state index contributed by atoms with van der Waals surface area (Å²) in [5.41, 5.74) is 16.2. The molecule has 1 saturated carbocycles. The van der Waals surface area contributed by atoms with Crippen LogP contribution in [0.2, 0.25) is 0 Å². The summed E-state index contributed by atoms with van der Waals surface area (Å²) in [6.07, 6.45) is 2.98. The summed E-state index contributed by atoms with van der Waals surface area (Å²) in [4.78, 5) is 0. The highest BCUT2D eigenvalue weighted by molar-refractivity contribution is 6.40. The van der Waals surface area contributed by atoms with E-state index in [-0.39, 0.29) is 17.8 Å². The Labute approximate surface area is 113 Å². The molecule has 2 rings (SSSR count). The first-order valence-electron chi connectivity index (χ1n) is 6.63. The van der Waals surface area contributed by atoms with Crippen molar-refractivity contribution in [3.05, 3.63) is 35.9 Å². The first kappa shape index (κ1) is 13.5. The monoisotopic (exact) mass is 259 g/mol. The fraction of sp³-hybridized carbons (Fsp3) is 0.429. The first-order chi connectivity index (χ1) is 9.18. The zero-order valence-electron chi connectivity index (χ0n) is 11.0. The zero-order chi connectivity index (χ0) is 13.7. The molecule has 1 aromatic rings. The molecule has 1 fully saturated rings. The number of nitrogens with zero attached hydrogens (tertiary/aromatic N) is 1. The summed E-state index contributed by atoms with van der Waals surface area (Å²) in [6, 6.07) is 10.00. The second-order valence-corrected chi connectivity index (χ2v) is 4.93. The number of nitrogens with two attached hydrogens (primary N) is 2. The molecule has 2 unspecified atom stereocenters. The van der Waals surface area contributed by atoms with Crippen LogP contribution in [0.15, 0.2) is 35.4 Å². The van der Waals surface area contributed by atoms with E-state index in [2.05, 4.69) is 10.5 Å². The molecule has 0 aliphatic heterocycles. The zero-order valence-corrected chi connectivity index (χ0v) is 11.0. The Bertz CT molecular complexity index is 454. The van der Waals surface area contributed by atoms with Gasteiger partial charge in [-0.3, -0.25) is 0 Å². The number of amidine groups is 1. The summed E-state index contributed by atoms with van der Waals surface area (Å²) in [5.74, 6) is 0.306. The Morgan fingerprint density at radius 2 is 2.05 bits per heavy atom. The third-order valence-corrected chi connectivity index (χ3v) is 3.54. The smallest absolute Gasteiger partial charge is 0.164 e. The summed E-state index contributed by atoms with van der Waals surface area (Å²) in [5, 5.41) is 12.1. The van der Waals surface area contributed by atoms with Crippen LogP contribution in [0.5, 0.6) is 0 Å². The van der Waals surface area contributed by atoms with Gasteiger partial charge in [0.15, 0.2) is 5.84 Å². The second kappa shape index (κ2) is 6.33. The van der Waals surface area contributed by atoms with Crippen LogP contribution in [-0.2, 0) is 6.54 Å². The molecule has 5 nitrogen and oxygen atoms in total. The van der Waals surface area contributed by atoms with Crippen molar-refractivity contribution < 1.29 is 0 Å². The lowest BCUT2D eigenvalue weighted by Crippen LogP contribution is -2.38. The number of hydrazone groups is 1. The van der Waals surface area contributed by atoms with Gasteiger partial charge in [0.25, 0.3) is 0 Å². The van der Waals surface area contributed by atoms with E-state index in [0.29, 0.717) is 12.3 Å². The molecule has 0 amide bonds. The van der Waals surface area contributed by atoms with Gasteiger partial charge in [0.05, 0.1) is 12.3 Å². The van der Waals surface area contributed by atoms with Crippen LogP contribution < -0.4 is 16.9 Å². The predicted octanol–water partition coefficient (Wildman–Crippen LogP) is 1.20. The van der Waals surface area contributed by atoms with Gasteiger partial charge >= 0.3 is 0 Å². The van der Waals surface area contributed by atoms with Crippen LogP contribution >= 0.6 is 0 Å². The standard InChI is InChI=1S/C14H21N5/c15-12-8-4-7-11(12)13(16)14(17)19-18-9-10-5-2-1-3-6-10/h1-3,5-6,11-12,16,18H,4,7-9,15H2,(H2,17,19). The van der Waals surface area contributed by atoms with Crippen molar-refractivity contribution in [3.8, 4) is 0 Å². The summed E-state index contributed by atoms with van der Waals surface area (Å²) < 4.78 is 0. The molecule has 1 aliphatic carbocycles. The van der Waals surface area contributed by atoms with Gasteiger partial charge in [0.1, 0.15) is 0 Å². The molecule has 0 saturated heterocycles. The molecule has 0 aromatic heterocycles. The number of hydrogen-bond acceptors (Lipinski definition) is 4. The van der Waals surface area contributed by atoms with E-state index in [9.17, 15) is 0 Å². The maximum absolute atomic E-state index is 8.03. The molecular weight excluding hydrogens is 238 g/mol. The molecule has 102 valence electrons. The topological polar surface area (TPSA) is 100 Å². The lowest BCUT2D eigenvalue weighted by molar-refractivity contribution is 0.613. The van der Waals surface area contributed by atoms with Gasteiger partial charge in [0.2, 0.25) is 0 Å². The molecule has 0 spiro atoms. The van der Waals surface area contributed by atoms with Gasteiger partial charge in [-0.25, -0.2) is 0 Å². The number of nitrogens with one attached hydrogen (secondary N) is 2. The summed E-state index contributed by atoms with van der Waals surface area (Å²) in [6.45, 7) is 0.603. The summed E-state index contributed by atoms with van der Waals surface area (Å²) in [7, 11) is 0. The largest absolute Gasteiger partial charge is 0.381 e. The number of rotatable bonds is 5. The minimum absolute atomic E-state index is 0.0513. The minimum atomic E-state index is 0.0513. The van der Waals surface area contributed by atoms with E-state index in [1.165, 1.54) is 0 Å². The van der Waals surface area contributed by atoms with E-state index in [1.54, 1.807) is 0 Å². The van der Waals surface area contributed by atoms with Crippen molar-refractivity contribution >= 4 is 11.5 Å². The second-order valence-electron chi connectivity index (χ2n) is 4.93. The van der Waals surface area contributed by atoms with Crippen LogP contribution in [0.1, 0.15) is 24.8 Å². The molecule has 5 heteroatoms. The van der Waals surface area contributed by atoms with E-state index >= 15 is 0 Å².